The number of methoxy groups -OCH3 is 2. The zero-order valence-electron chi connectivity index (χ0n) is 16.9. The van der Waals surface area contributed by atoms with Gasteiger partial charge in [-0.25, -0.2) is 4.79 Å². The number of nitrogens with zero attached hydrogens (tertiary/aromatic N) is 1. The Balaban J connectivity index is 2.10. The minimum absolute atomic E-state index is 0.0271. The lowest BCUT2D eigenvalue weighted by atomic mass is 10.0. The molecule has 0 radical (unpaired) electrons. The van der Waals surface area contributed by atoms with E-state index in [-0.39, 0.29) is 11.5 Å². The molecular weight excluding hydrogens is 378 g/mol. The number of hydrogen-bond acceptors (Lipinski definition) is 6. The molecule has 1 aromatic heterocycles. The maximum absolute atomic E-state index is 12.3. The van der Waals surface area contributed by atoms with Gasteiger partial charge in [0.15, 0.2) is 23.2 Å². The third-order valence-corrected chi connectivity index (χ3v) is 4.69. The molecule has 0 saturated carbocycles. The van der Waals surface area contributed by atoms with Gasteiger partial charge in [-0.3, -0.25) is 4.79 Å². The Morgan fingerprint density at radius 1 is 1.21 bits per heavy atom. The maximum Gasteiger partial charge on any atom is 0.341 e. The molecule has 1 N–H and O–H groups in total. The van der Waals surface area contributed by atoms with E-state index in [1.807, 2.05) is 13.8 Å². The minimum atomic E-state index is -1.27. The topological polar surface area (TPSA) is 96.2 Å². The molecule has 1 unspecified atom stereocenters. The summed E-state index contributed by atoms with van der Waals surface area (Å²) in [5.74, 6) is 0.334. The second-order valence-electron chi connectivity index (χ2n) is 7.10. The Kier molecular flexibility index (Phi) is 6.12. The summed E-state index contributed by atoms with van der Waals surface area (Å²) >= 11 is 0. The second-order valence-corrected chi connectivity index (χ2v) is 7.10. The van der Waals surface area contributed by atoms with Crippen molar-refractivity contribution in [2.45, 2.75) is 26.5 Å². The van der Waals surface area contributed by atoms with Gasteiger partial charge in [-0.1, -0.05) is 13.8 Å². The number of fused-ring (bicyclic) bond motifs is 3. The number of benzene rings is 1. The summed E-state index contributed by atoms with van der Waals surface area (Å²) in [6, 6.07) is 4.82. The number of pyridine rings is 1. The van der Waals surface area contributed by atoms with E-state index in [4.69, 9.17) is 18.9 Å². The highest BCUT2D eigenvalue weighted by Gasteiger charge is 2.30. The van der Waals surface area contributed by atoms with Crippen molar-refractivity contribution in [3.8, 4) is 28.5 Å². The number of carboxylic acid groups (broad SMARTS) is 1. The van der Waals surface area contributed by atoms with Crippen molar-refractivity contribution in [1.82, 2.24) is 4.57 Å². The zero-order valence-corrected chi connectivity index (χ0v) is 16.9. The van der Waals surface area contributed by atoms with Crippen molar-refractivity contribution in [3.05, 3.63) is 40.2 Å². The van der Waals surface area contributed by atoms with Crippen LogP contribution in [0.2, 0.25) is 0 Å². The molecule has 1 aromatic carbocycles. The molecule has 2 aromatic rings. The van der Waals surface area contributed by atoms with Crippen molar-refractivity contribution < 1.29 is 28.8 Å². The van der Waals surface area contributed by atoms with E-state index < -0.39 is 17.6 Å². The lowest BCUT2D eigenvalue weighted by Crippen LogP contribution is -2.30. The molecule has 0 bridgehead atoms. The molecule has 3 rings (SSSR count). The third-order valence-electron chi connectivity index (χ3n) is 4.69. The molecule has 2 heterocycles. The van der Waals surface area contributed by atoms with Crippen LogP contribution in [0.4, 0.5) is 0 Å². The Morgan fingerprint density at radius 2 is 1.97 bits per heavy atom. The van der Waals surface area contributed by atoms with Gasteiger partial charge in [0.1, 0.15) is 11.3 Å². The lowest BCUT2D eigenvalue weighted by Gasteiger charge is -2.34. The van der Waals surface area contributed by atoms with Gasteiger partial charge in [0.05, 0.1) is 19.4 Å². The molecule has 8 heteroatoms. The van der Waals surface area contributed by atoms with E-state index in [1.165, 1.54) is 19.4 Å². The summed E-state index contributed by atoms with van der Waals surface area (Å²) in [5.41, 5.74) is 0.357. The Morgan fingerprint density at radius 3 is 2.59 bits per heavy atom. The van der Waals surface area contributed by atoms with Crippen LogP contribution in [0.1, 0.15) is 36.9 Å². The molecule has 0 saturated heterocycles. The van der Waals surface area contributed by atoms with Crippen LogP contribution in [0, 0.1) is 5.92 Å². The highest BCUT2D eigenvalue weighted by molar-refractivity contribution is 5.88. The smallest absolute Gasteiger partial charge is 0.341 e. The molecule has 156 valence electrons. The van der Waals surface area contributed by atoms with Crippen LogP contribution in [0.3, 0.4) is 0 Å². The van der Waals surface area contributed by atoms with Crippen molar-refractivity contribution in [2.24, 2.45) is 5.92 Å². The molecule has 0 spiro atoms. The van der Waals surface area contributed by atoms with Gasteiger partial charge in [-0.2, -0.15) is 0 Å². The van der Waals surface area contributed by atoms with Crippen LogP contribution in [0.5, 0.6) is 17.2 Å². The second kappa shape index (κ2) is 8.57. The van der Waals surface area contributed by atoms with Crippen LogP contribution in [-0.4, -0.2) is 43.1 Å². The fourth-order valence-corrected chi connectivity index (χ4v) is 3.28. The van der Waals surface area contributed by atoms with Crippen molar-refractivity contribution in [3.63, 3.8) is 0 Å². The number of hydrogen-bond donors (Lipinski definition) is 1. The van der Waals surface area contributed by atoms with Crippen LogP contribution in [0.25, 0.3) is 11.3 Å². The van der Waals surface area contributed by atoms with Gasteiger partial charge in [-0.05, 0) is 6.07 Å². The van der Waals surface area contributed by atoms with Crippen molar-refractivity contribution in [1.29, 1.82) is 0 Å². The van der Waals surface area contributed by atoms with Crippen LogP contribution in [-0.2, 0) is 4.74 Å². The first-order valence-electron chi connectivity index (χ1n) is 9.37. The standard InChI is InChI=1S/C21H25NO7/c1-12(2)20-22-11-14(21(24)25)16(23)9-15(22)13-8-18(27-4)19(10-17(13)29-20)28-7-5-6-26-3/h8-12,20H,5-7H2,1-4H3,(H,24,25). The summed E-state index contributed by atoms with van der Waals surface area (Å²) in [6.45, 7) is 4.96. The Hall–Kier alpha value is -3.00. The molecule has 0 aliphatic carbocycles. The number of carbonyl (C=O) groups is 1. The van der Waals surface area contributed by atoms with Gasteiger partial charge < -0.3 is 28.6 Å². The van der Waals surface area contributed by atoms with E-state index in [0.29, 0.717) is 41.7 Å². The molecule has 8 nitrogen and oxygen atoms in total. The van der Waals surface area contributed by atoms with Gasteiger partial charge >= 0.3 is 5.97 Å². The van der Waals surface area contributed by atoms with Crippen LogP contribution < -0.4 is 19.6 Å². The summed E-state index contributed by atoms with van der Waals surface area (Å²) in [4.78, 5) is 23.8. The van der Waals surface area contributed by atoms with E-state index in [9.17, 15) is 14.7 Å². The van der Waals surface area contributed by atoms with Gasteiger partial charge in [0, 0.05) is 49.9 Å². The number of aromatic carboxylic acids is 1. The van der Waals surface area contributed by atoms with Crippen LogP contribution >= 0.6 is 0 Å². The largest absolute Gasteiger partial charge is 0.493 e. The predicted molar refractivity (Wildman–Crippen MR) is 106 cm³/mol. The van der Waals surface area contributed by atoms with Crippen molar-refractivity contribution >= 4 is 5.97 Å². The molecule has 0 fully saturated rings. The van der Waals surface area contributed by atoms with E-state index in [0.717, 1.165) is 6.42 Å². The van der Waals surface area contributed by atoms with E-state index in [2.05, 4.69) is 0 Å². The van der Waals surface area contributed by atoms with Crippen LogP contribution in [0.15, 0.2) is 29.2 Å². The molecule has 1 atom stereocenters. The lowest BCUT2D eigenvalue weighted by molar-refractivity contribution is 0.0676. The average Bonchev–Trinajstić information content (AvgIpc) is 2.69. The average molecular weight is 403 g/mol. The first-order chi connectivity index (χ1) is 13.9. The van der Waals surface area contributed by atoms with Gasteiger partial charge in [-0.15, -0.1) is 0 Å². The number of carboxylic acids is 1. The molecule has 1 aliphatic rings. The van der Waals surface area contributed by atoms with E-state index in [1.54, 1.807) is 23.8 Å². The summed E-state index contributed by atoms with van der Waals surface area (Å²) in [6.07, 6.45) is 1.60. The Labute approximate surface area is 168 Å². The highest BCUT2D eigenvalue weighted by Crippen LogP contribution is 2.45. The van der Waals surface area contributed by atoms with Gasteiger partial charge in [0.25, 0.3) is 0 Å². The minimum Gasteiger partial charge on any atom is -0.493 e. The third kappa shape index (κ3) is 4.07. The predicted octanol–water partition coefficient (Wildman–Crippen LogP) is 3.18. The normalized spacial score (nSPS) is 14.7. The molecular formula is C21H25NO7. The monoisotopic (exact) mass is 403 g/mol. The summed E-state index contributed by atoms with van der Waals surface area (Å²) in [7, 11) is 3.17. The van der Waals surface area contributed by atoms with Crippen molar-refractivity contribution in [2.75, 3.05) is 27.4 Å². The quantitative estimate of drug-likeness (QED) is 0.676. The highest BCUT2D eigenvalue weighted by atomic mass is 16.5. The van der Waals surface area contributed by atoms with Gasteiger partial charge in [0.2, 0.25) is 0 Å². The SMILES string of the molecule is COCCCOc1cc2c(cc1OC)-c1cc(=O)c(C(=O)O)cn1C(C(C)C)O2. The summed E-state index contributed by atoms with van der Waals surface area (Å²) in [5, 5.41) is 9.33. The molecule has 0 amide bonds. The maximum atomic E-state index is 12.3. The fraction of sp³-hybridized carbons (Fsp3) is 0.429. The van der Waals surface area contributed by atoms with E-state index >= 15 is 0 Å². The fourth-order valence-electron chi connectivity index (χ4n) is 3.28. The first-order valence-corrected chi connectivity index (χ1v) is 9.37. The Bertz CT molecular complexity index is 964. The summed E-state index contributed by atoms with van der Waals surface area (Å²) < 4.78 is 24.2. The number of ether oxygens (including phenoxy) is 4. The zero-order chi connectivity index (χ0) is 21.1. The first kappa shape index (κ1) is 20.7. The number of aromatic nitrogens is 1. The molecule has 1 aliphatic heterocycles. The number of rotatable bonds is 8. The molecule has 29 heavy (non-hydrogen) atoms.